The number of fused-ring (bicyclic) bond motifs is 1. The van der Waals surface area contributed by atoms with Gasteiger partial charge >= 0.3 is 0 Å². The smallest absolute Gasteiger partial charge is 0.122 e. The zero-order chi connectivity index (χ0) is 14.7. The van der Waals surface area contributed by atoms with Gasteiger partial charge < -0.3 is 15.2 Å². The third-order valence-corrected chi connectivity index (χ3v) is 5.08. The van der Waals surface area contributed by atoms with Crippen LogP contribution in [-0.4, -0.2) is 55.9 Å². The summed E-state index contributed by atoms with van der Waals surface area (Å²) in [5, 5.41) is 13.1. The Bertz CT molecular complexity index is 480. The summed E-state index contributed by atoms with van der Waals surface area (Å²) in [6.45, 7) is 8.16. The van der Waals surface area contributed by atoms with Crippen molar-refractivity contribution < 1.29 is 9.84 Å². The van der Waals surface area contributed by atoms with Crippen molar-refractivity contribution in [3.05, 3.63) is 29.8 Å². The molecule has 1 aromatic carbocycles. The molecule has 2 N–H and O–H groups in total. The van der Waals surface area contributed by atoms with Gasteiger partial charge in [-0.3, -0.25) is 4.90 Å². The lowest BCUT2D eigenvalue weighted by molar-refractivity contribution is 0.122. The van der Waals surface area contributed by atoms with Crippen LogP contribution in [-0.2, 0) is 6.42 Å². The van der Waals surface area contributed by atoms with Crippen LogP contribution in [0.25, 0.3) is 0 Å². The number of rotatable bonds is 6. The van der Waals surface area contributed by atoms with Gasteiger partial charge in [0.1, 0.15) is 12.4 Å². The van der Waals surface area contributed by atoms with Gasteiger partial charge in [-0.15, -0.1) is 0 Å². The number of nitrogens with one attached hydrogen (secondary N) is 1. The molecule has 0 spiro atoms. The molecule has 2 fully saturated rings. The zero-order valence-electron chi connectivity index (χ0n) is 12.8. The normalized spacial score (nSPS) is 28.8. The summed E-state index contributed by atoms with van der Waals surface area (Å²) in [5.41, 5.74) is 1.35. The van der Waals surface area contributed by atoms with Gasteiger partial charge in [0, 0.05) is 31.6 Å². The molecule has 2 unspecified atom stereocenters. The summed E-state index contributed by atoms with van der Waals surface area (Å²) < 4.78 is 5.96. The number of para-hydroxylation sites is 1. The van der Waals surface area contributed by atoms with Crippen LogP contribution >= 0.6 is 0 Å². The minimum atomic E-state index is 0.0846. The number of aryl methyl sites for hydroxylation is 1. The van der Waals surface area contributed by atoms with E-state index in [4.69, 9.17) is 4.74 Å². The Hall–Kier alpha value is -1.10. The van der Waals surface area contributed by atoms with Gasteiger partial charge in [0.2, 0.25) is 0 Å². The Balaban J connectivity index is 1.51. The average Bonchev–Trinajstić information content (AvgIpc) is 3.05. The van der Waals surface area contributed by atoms with Crippen LogP contribution in [0.2, 0.25) is 0 Å². The molecule has 3 rings (SSSR count). The zero-order valence-corrected chi connectivity index (χ0v) is 12.8. The fraction of sp³-hybridized carbons (Fsp3) is 0.647. The lowest BCUT2D eigenvalue weighted by Crippen LogP contribution is -2.36. The summed E-state index contributed by atoms with van der Waals surface area (Å²) in [6.07, 6.45) is 1.00. The molecule has 0 saturated carbocycles. The average molecular weight is 290 g/mol. The topological polar surface area (TPSA) is 44.7 Å². The Labute approximate surface area is 127 Å². The number of nitrogens with zero attached hydrogens (tertiary/aromatic N) is 1. The second-order valence-corrected chi connectivity index (χ2v) is 6.39. The van der Waals surface area contributed by atoms with Gasteiger partial charge in [-0.25, -0.2) is 0 Å². The Kier molecular flexibility index (Phi) is 4.48. The highest BCUT2D eigenvalue weighted by Crippen LogP contribution is 2.38. The number of hydrogen-bond acceptors (Lipinski definition) is 4. The Morgan fingerprint density at radius 2 is 2.29 bits per heavy atom. The number of benzene rings is 1. The minimum Gasteiger partial charge on any atom is -0.492 e. The molecule has 0 bridgehead atoms. The van der Waals surface area contributed by atoms with Crippen LogP contribution in [0, 0.1) is 11.3 Å². The molecule has 2 aliphatic rings. The summed E-state index contributed by atoms with van der Waals surface area (Å²) in [4.78, 5) is 2.44. The van der Waals surface area contributed by atoms with Crippen LogP contribution in [0.15, 0.2) is 24.3 Å². The van der Waals surface area contributed by atoms with Crippen molar-refractivity contribution in [3.8, 4) is 5.75 Å². The van der Waals surface area contributed by atoms with E-state index in [9.17, 15) is 5.11 Å². The first-order valence-corrected chi connectivity index (χ1v) is 8.02. The first-order chi connectivity index (χ1) is 10.3. The van der Waals surface area contributed by atoms with Gasteiger partial charge in [-0.1, -0.05) is 25.1 Å². The van der Waals surface area contributed by atoms with Crippen LogP contribution in [0.1, 0.15) is 12.5 Å². The summed E-state index contributed by atoms with van der Waals surface area (Å²) in [6, 6.07) is 8.27. The maximum atomic E-state index is 9.72. The number of ether oxygens (including phenoxy) is 1. The van der Waals surface area contributed by atoms with E-state index < -0.39 is 0 Å². The molecule has 0 aliphatic carbocycles. The van der Waals surface area contributed by atoms with Crippen LogP contribution in [0.5, 0.6) is 5.75 Å². The largest absolute Gasteiger partial charge is 0.492 e. The number of hydrogen-bond donors (Lipinski definition) is 2. The molecular formula is C17H26N2O2. The highest BCUT2D eigenvalue weighted by molar-refractivity contribution is 5.33. The molecular weight excluding hydrogens is 264 g/mol. The molecule has 2 aliphatic heterocycles. The van der Waals surface area contributed by atoms with Crippen molar-refractivity contribution in [1.29, 1.82) is 0 Å². The lowest BCUT2D eigenvalue weighted by atomic mass is 9.82. The van der Waals surface area contributed by atoms with Crippen LogP contribution in [0.3, 0.4) is 0 Å². The van der Waals surface area contributed by atoms with E-state index >= 15 is 0 Å². The van der Waals surface area contributed by atoms with Crippen LogP contribution in [0.4, 0.5) is 0 Å². The first-order valence-electron chi connectivity index (χ1n) is 8.02. The first kappa shape index (κ1) is 14.8. The lowest BCUT2D eigenvalue weighted by Gasteiger charge is -2.25. The van der Waals surface area contributed by atoms with Crippen molar-refractivity contribution in [1.82, 2.24) is 10.2 Å². The minimum absolute atomic E-state index is 0.0846. The maximum absolute atomic E-state index is 9.72. The highest BCUT2D eigenvalue weighted by atomic mass is 16.5. The van der Waals surface area contributed by atoms with E-state index in [1.807, 2.05) is 6.07 Å². The van der Waals surface area contributed by atoms with E-state index in [1.165, 1.54) is 5.56 Å². The van der Waals surface area contributed by atoms with E-state index in [0.717, 1.165) is 51.5 Å². The second kappa shape index (κ2) is 6.34. The van der Waals surface area contributed by atoms with Gasteiger partial charge in [0.15, 0.2) is 0 Å². The molecule has 0 radical (unpaired) electrons. The van der Waals surface area contributed by atoms with E-state index in [-0.39, 0.29) is 5.41 Å². The fourth-order valence-corrected chi connectivity index (χ4v) is 3.75. The number of aliphatic hydroxyl groups is 1. The molecule has 0 amide bonds. The third-order valence-electron chi connectivity index (χ3n) is 5.08. The van der Waals surface area contributed by atoms with Crippen molar-refractivity contribution in [3.63, 3.8) is 0 Å². The number of likely N-dealkylation sites (tertiary alicyclic amines) is 1. The van der Waals surface area contributed by atoms with Crippen LogP contribution < -0.4 is 10.1 Å². The molecule has 4 heteroatoms. The predicted molar refractivity (Wildman–Crippen MR) is 83.6 cm³/mol. The Morgan fingerprint density at radius 3 is 3.05 bits per heavy atom. The second-order valence-electron chi connectivity index (χ2n) is 6.39. The molecule has 4 nitrogen and oxygen atoms in total. The molecule has 0 aromatic heterocycles. The van der Waals surface area contributed by atoms with Crippen molar-refractivity contribution in [2.45, 2.75) is 13.3 Å². The number of aliphatic hydroxyl groups excluding tert-OH is 1. The fourth-order valence-electron chi connectivity index (χ4n) is 3.75. The monoisotopic (exact) mass is 290 g/mol. The van der Waals surface area contributed by atoms with Crippen molar-refractivity contribution >= 4 is 0 Å². The van der Waals surface area contributed by atoms with Gasteiger partial charge in [-0.05, 0) is 30.5 Å². The predicted octanol–water partition coefficient (Wildman–Crippen LogP) is 1.14. The SMILES string of the molecule is CCc1ccccc1OCCN1CC2CNCC2(CO)C1. The van der Waals surface area contributed by atoms with E-state index in [2.05, 4.69) is 35.3 Å². The van der Waals surface area contributed by atoms with Gasteiger partial charge in [0.05, 0.1) is 6.61 Å². The van der Waals surface area contributed by atoms with Gasteiger partial charge in [-0.2, -0.15) is 0 Å². The third kappa shape index (κ3) is 2.93. The molecule has 2 saturated heterocycles. The maximum Gasteiger partial charge on any atom is 0.122 e. The van der Waals surface area contributed by atoms with E-state index in [1.54, 1.807) is 0 Å². The summed E-state index contributed by atoms with van der Waals surface area (Å²) in [5.74, 6) is 1.60. The quantitative estimate of drug-likeness (QED) is 0.825. The molecule has 2 heterocycles. The molecule has 21 heavy (non-hydrogen) atoms. The molecule has 2 atom stereocenters. The standard InChI is InChI=1S/C17H26N2O2/c1-2-14-5-3-4-6-16(14)21-8-7-19-10-15-9-18-11-17(15,12-19)13-20/h3-6,15,18,20H,2,7-13H2,1H3. The van der Waals surface area contributed by atoms with Gasteiger partial charge in [0.25, 0.3) is 0 Å². The van der Waals surface area contributed by atoms with Crippen molar-refractivity contribution in [2.24, 2.45) is 11.3 Å². The molecule has 1 aromatic rings. The van der Waals surface area contributed by atoms with E-state index in [0.29, 0.717) is 12.5 Å². The molecule has 116 valence electrons. The highest BCUT2D eigenvalue weighted by Gasteiger charge is 2.48. The Morgan fingerprint density at radius 1 is 1.43 bits per heavy atom. The van der Waals surface area contributed by atoms with Crippen molar-refractivity contribution in [2.75, 3.05) is 45.9 Å². The summed E-state index contributed by atoms with van der Waals surface area (Å²) >= 11 is 0. The summed E-state index contributed by atoms with van der Waals surface area (Å²) in [7, 11) is 0.